The average molecular weight is 280 g/mol. The summed E-state index contributed by atoms with van der Waals surface area (Å²) in [4.78, 5) is 0. The van der Waals surface area contributed by atoms with Crippen LogP contribution in [0.4, 0.5) is 11.4 Å². The molecular weight excluding hydrogens is 264 g/mol. The third-order valence-electron chi connectivity index (χ3n) is 2.59. The van der Waals surface area contributed by atoms with E-state index >= 15 is 0 Å². The van der Waals surface area contributed by atoms with Gasteiger partial charge in [-0.1, -0.05) is 12.1 Å². The Hall–Kier alpha value is -2.02. The van der Waals surface area contributed by atoms with Crippen molar-refractivity contribution in [3.05, 3.63) is 41.7 Å². The summed E-state index contributed by atoms with van der Waals surface area (Å²) in [7, 11) is -1.73. The summed E-state index contributed by atoms with van der Waals surface area (Å²) in [5.41, 5.74) is 7.95. The van der Waals surface area contributed by atoms with Crippen LogP contribution in [0.1, 0.15) is 11.3 Å². The van der Waals surface area contributed by atoms with Crippen LogP contribution in [0.2, 0.25) is 0 Å². The lowest BCUT2D eigenvalue weighted by Gasteiger charge is -2.07. The Balaban J connectivity index is 2.17. The molecule has 0 bridgehead atoms. The van der Waals surface area contributed by atoms with E-state index in [1.54, 1.807) is 49.1 Å². The van der Waals surface area contributed by atoms with Crippen molar-refractivity contribution < 1.29 is 8.42 Å². The summed E-state index contributed by atoms with van der Waals surface area (Å²) in [6.45, 7) is 1.75. The van der Waals surface area contributed by atoms with E-state index in [-0.39, 0.29) is 5.75 Å². The van der Waals surface area contributed by atoms with Gasteiger partial charge in [0.2, 0.25) is 10.0 Å². The van der Waals surface area contributed by atoms with Crippen LogP contribution < -0.4 is 10.5 Å². The van der Waals surface area contributed by atoms with Gasteiger partial charge in [0.15, 0.2) is 0 Å². The van der Waals surface area contributed by atoms with Gasteiger partial charge in [-0.2, -0.15) is 5.10 Å². The summed E-state index contributed by atoms with van der Waals surface area (Å²) >= 11 is 0. The number of hydrogen-bond donors (Lipinski definition) is 2. The van der Waals surface area contributed by atoms with Gasteiger partial charge in [0.25, 0.3) is 0 Å². The van der Waals surface area contributed by atoms with Crippen LogP contribution >= 0.6 is 0 Å². The number of anilines is 2. The molecule has 0 spiro atoms. The zero-order valence-electron chi connectivity index (χ0n) is 10.8. The fourth-order valence-electron chi connectivity index (χ4n) is 1.81. The van der Waals surface area contributed by atoms with Crippen molar-refractivity contribution in [3.63, 3.8) is 0 Å². The number of hydrogen-bond acceptors (Lipinski definition) is 4. The van der Waals surface area contributed by atoms with E-state index < -0.39 is 10.0 Å². The van der Waals surface area contributed by atoms with Crippen LogP contribution in [0.3, 0.4) is 0 Å². The van der Waals surface area contributed by atoms with Gasteiger partial charge in [0.05, 0.1) is 17.1 Å². The molecule has 2 rings (SSSR count). The maximum Gasteiger partial charge on any atom is 0.237 e. The largest absolute Gasteiger partial charge is 0.399 e. The van der Waals surface area contributed by atoms with Gasteiger partial charge in [-0.05, 0) is 24.6 Å². The zero-order valence-corrected chi connectivity index (χ0v) is 11.6. The van der Waals surface area contributed by atoms with E-state index in [4.69, 9.17) is 5.73 Å². The van der Waals surface area contributed by atoms with Crippen LogP contribution in [0.5, 0.6) is 0 Å². The molecule has 0 radical (unpaired) electrons. The SMILES string of the molecule is Cc1nn(C)cc1NS(=O)(=O)Cc1cccc(N)c1. The Morgan fingerprint density at radius 1 is 1.42 bits per heavy atom. The Bertz CT molecular complexity index is 692. The second-order valence-electron chi connectivity index (χ2n) is 4.41. The normalized spacial score (nSPS) is 11.5. The first-order chi connectivity index (χ1) is 8.85. The highest BCUT2D eigenvalue weighted by Gasteiger charge is 2.14. The number of rotatable bonds is 4. The van der Waals surface area contributed by atoms with Crippen LogP contribution in [-0.4, -0.2) is 18.2 Å². The first kappa shape index (κ1) is 13.4. The first-order valence-electron chi connectivity index (χ1n) is 5.71. The van der Waals surface area contributed by atoms with Crippen molar-refractivity contribution in [2.24, 2.45) is 7.05 Å². The molecule has 1 heterocycles. The molecule has 1 aromatic carbocycles. The van der Waals surface area contributed by atoms with E-state index in [1.807, 2.05) is 0 Å². The summed E-state index contributed by atoms with van der Waals surface area (Å²) in [5, 5.41) is 4.09. The maximum atomic E-state index is 12.1. The minimum atomic E-state index is -3.47. The molecule has 0 saturated carbocycles. The molecule has 0 atom stereocenters. The Morgan fingerprint density at radius 2 is 2.16 bits per heavy atom. The van der Waals surface area contributed by atoms with Gasteiger partial charge in [-0.3, -0.25) is 9.40 Å². The van der Waals surface area contributed by atoms with Crippen LogP contribution in [-0.2, 0) is 22.8 Å². The zero-order chi connectivity index (χ0) is 14.0. The molecule has 3 N–H and O–H groups in total. The lowest BCUT2D eigenvalue weighted by Crippen LogP contribution is -2.15. The smallest absolute Gasteiger partial charge is 0.237 e. The summed E-state index contributed by atoms with van der Waals surface area (Å²) in [5.74, 6) is -0.119. The Kier molecular flexibility index (Phi) is 3.48. The molecule has 6 nitrogen and oxygen atoms in total. The van der Waals surface area contributed by atoms with Crippen LogP contribution in [0.25, 0.3) is 0 Å². The first-order valence-corrected chi connectivity index (χ1v) is 7.36. The fourth-order valence-corrected chi connectivity index (χ4v) is 3.03. The van der Waals surface area contributed by atoms with Crippen molar-refractivity contribution >= 4 is 21.4 Å². The molecule has 19 heavy (non-hydrogen) atoms. The van der Waals surface area contributed by atoms with Crippen LogP contribution in [0, 0.1) is 6.92 Å². The van der Waals surface area contributed by atoms with Crippen LogP contribution in [0.15, 0.2) is 30.5 Å². The minimum Gasteiger partial charge on any atom is -0.399 e. The highest BCUT2D eigenvalue weighted by atomic mass is 32.2. The van der Waals surface area contributed by atoms with E-state index in [1.165, 1.54) is 0 Å². The summed E-state index contributed by atoms with van der Waals surface area (Å²) < 4.78 is 28.2. The Labute approximate surface area is 112 Å². The second-order valence-corrected chi connectivity index (χ2v) is 6.13. The number of benzene rings is 1. The number of nitrogens with one attached hydrogen (secondary N) is 1. The number of aryl methyl sites for hydroxylation is 2. The Morgan fingerprint density at radius 3 is 2.74 bits per heavy atom. The van der Waals surface area contributed by atoms with Gasteiger partial charge in [-0.25, -0.2) is 8.42 Å². The molecule has 102 valence electrons. The maximum absolute atomic E-state index is 12.1. The van der Waals surface area contributed by atoms with Gasteiger partial charge in [0, 0.05) is 18.9 Å². The van der Waals surface area contributed by atoms with E-state index in [0.717, 1.165) is 0 Å². The highest BCUT2D eigenvalue weighted by Crippen LogP contribution is 2.16. The minimum absolute atomic E-state index is 0.119. The predicted octanol–water partition coefficient (Wildman–Crippen LogP) is 1.25. The van der Waals surface area contributed by atoms with Crippen molar-refractivity contribution in [1.82, 2.24) is 9.78 Å². The lowest BCUT2D eigenvalue weighted by molar-refractivity contribution is 0.600. The molecule has 2 aromatic rings. The molecule has 0 aliphatic rings. The summed E-state index contributed by atoms with van der Waals surface area (Å²) in [6, 6.07) is 6.82. The molecule has 7 heteroatoms. The number of sulfonamides is 1. The topological polar surface area (TPSA) is 90.0 Å². The number of aromatic nitrogens is 2. The van der Waals surface area contributed by atoms with E-state index in [9.17, 15) is 8.42 Å². The number of nitrogens with zero attached hydrogens (tertiary/aromatic N) is 2. The standard InChI is InChI=1S/C12H16N4O2S/c1-9-12(7-16(2)14-9)15-19(17,18)8-10-4-3-5-11(13)6-10/h3-7,15H,8,13H2,1-2H3. The van der Waals surface area contributed by atoms with Crippen molar-refractivity contribution in [2.75, 3.05) is 10.5 Å². The molecule has 0 aliphatic carbocycles. The van der Waals surface area contributed by atoms with Gasteiger partial charge in [-0.15, -0.1) is 0 Å². The second kappa shape index (κ2) is 4.93. The predicted molar refractivity (Wildman–Crippen MR) is 75.0 cm³/mol. The van der Waals surface area contributed by atoms with Crippen molar-refractivity contribution in [3.8, 4) is 0 Å². The third-order valence-corrected chi connectivity index (χ3v) is 3.83. The molecule has 0 amide bonds. The van der Waals surface area contributed by atoms with E-state index in [2.05, 4.69) is 9.82 Å². The highest BCUT2D eigenvalue weighted by molar-refractivity contribution is 7.91. The third kappa shape index (κ3) is 3.47. The van der Waals surface area contributed by atoms with E-state index in [0.29, 0.717) is 22.6 Å². The molecule has 1 aromatic heterocycles. The molecule has 0 aliphatic heterocycles. The van der Waals surface area contributed by atoms with Gasteiger partial charge >= 0.3 is 0 Å². The molecular formula is C12H16N4O2S. The quantitative estimate of drug-likeness (QED) is 0.825. The summed E-state index contributed by atoms with van der Waals surface area (Å²) in [6.07, 6.45) is 1.63. The van der Waals surface area contributed by atoms with Crippen molar-refractivity contribution in [1.29, 1.82) is 0 Å². The average Bonchev–Trinajstić information content (AvgIpc) is 2.55. The molecule has 0 fully saturated rings. The van der Waals surface area contributed by atoms with Crippen molar-refractivity contribution in [2.45, 2.75) is 12.7 Å². The monoisotopic (exact) mass is 280 g/mol. The number of nitrogens with two attached hydrogens (primary N) is 1. The molecule has 0 saturated heterocycles. The number of nitrogen functional groups attached to an aromatic ring is 1. The van der Waals surface area contributed by atoms with Gasteiger partial charge in [0.1, 0.15) is 0 Å². The molecule has 0 unspecified atom stereocenters. The van der Waals surface area contributed by atoms with Gasteiger partial charge < -0.3 is 5.73 Å². The lowest BCUT2D eigenvalue weighted by atomic mass is 10.2. The fraction of sp³-hybridized carbons (Fsp3) is 0.250.